The van der Waals surface area contributed by atoms with Crippen molar-refractivity contribution < 1.29 is 23.8 Å². The predicted molar refractivity (Wildman–Crippen MR) is 156 cm³/mol. The average molecular weight is 540 g/mol. The van der Waals surface area contributed by atoms with E-state index in [-0.39, 0.29) is 47.6 Å². The zero-order chi connectivity index (χ0) is 28.9. The number of nitrogens with one attached hydrogen (secondary N) is 1. The van der Waals surface area contributed by atoms with Gasteiger partial charge in [-0.2, -0.15) is 0 Å². The Bertz CT molecular complexity index is 1040. The molecule has 0 aromatic rings. The van der Waals surface area contributed by atoms with Gasteiger partial charge >= 0.3 is 0 Å². The number of ether oxygens (including phenoxy) is 3. The van der Waals surface area contributed by atoms with E-state index < -0.39 is 24.4 Å². The van der Waals surface area contributed by atoms with Crippen LogP contribution < -0.4 is 5.32 Å². The molecule has 6 heteroatoms. The lowest BCUT2D eigenvalue weighted by atomic mass is 9.73. The molecule has 1 N–H and O–H groups in total. The van der Waals surface area contributed by atoms with E-state index >= 15 is 0 Å². The molecular weight excluding hydrogens is 490 g/mol. The van der Waals surface area contributed by atoms with E-state index in [9.17, 15) is 9.59 Å². The Balaban J connectivity index is 2.33. The van der Waals surface area contributed by atoms with Gasteiger partial charge in [0.05, 0.1) is 18.3 Å². The number of rotatable bonds is 2. The monoisotopic (exact) mass is 539 g/mol. The third-order valence-electron chi connectivity index (χ3n) is 8.68. The number of ketones is 1. The fourth-order valence-electron chi connectivity index (χ4n) is 6.28. The summed E-state index contributed by atoms with van der Waals surface area (Å²) in [4.78, 5) is 26.9. The van der Waals surface area contributed by atoms with Gasteiger partial charge < -0.3 is 19.5 Å². The van der Waals surface area contributed by atoms with E-state index in [2.05, 4.69) is 52.1 Å². The Morgan fingerprint density at radius 1 is 1.00 bits per heavy atom. The highest BCUT2D eigenvalue weighted by Crippen LogP contribution is 2.39. The van der Waals surface area contributed by atoms with E-state index in [0.29, 0.717) is 5.57 Å². The van der Waals surface area contributed by atoms with Gasteiger partial charge in [-0.3, -0.25) is 9.59 Å². The molecule has 39 heavy (non-hydrogen) atoms. The molecule has 3 aliphatic heterocycles. The van der Waals surface area contributed by atoms with Crippen molar-refractivity contribution in [1.82, 2.24) is 5.32 Å². The number of fused-ring (bicyclic) bond motifs is 1. The molecule has 4 bridgehead atoms. The number of methoxy groups -OCH3 is 1. The fraction of sp³-hybridized carbons (Fsp3) is 0.636. The number of hydrogen-bond donors (Lipinski definition) is 1. The van der Waals surface area contributed by atoms with Crippen molar-refractivity contribution in [2.24, 2.45) is 29.6 Å². The van der Waals surface area contributed by atoms with Gasteiger partial charge in [-0.15, -0.1) is 0 Å². The van der Waals surface area contributed by atoms with Gasteiger partial charge in [0.25, 0.3) is 0 Å². The summed E-state index contributed by atoms with van der Waals surface area (Å²) in [7, 11) is 1.61. The van der Waals surface area contributed by atoms with Crippen molar-refractivity contribution >= 4 is 11.7 Å². The largest absolute Gasteiger partial charge is 0.373 e. The Morgan fingerprint density at radius 2 is 1.72 bits per heavy atom. The smallest absolute Gasteiger partial charge is 0.248 e. The van der Waals surface area contributed by atoms with Gasteiger partial charge in [-0.1, -0.05) is 82.2 Å². The normalized spacial score (nSPS) is 44.5. The molecule has 3 rings (SSSR count). The van der Waals surface area contributed by atoms with Crippen LogP contribution in [-0.2, 0) is 23.8 Å². The van der Waals surface area contributed by atoms with Crippen LogP contribution in [0.2, 0.25) is 0 Å². The summed E-state index contributed by atoms with van der Waals surface area (Å²) in [6.45, 7) is 16.6. The number of carbonyl (C=O) groups excluding carboxylic acids is 2. The summed E-state index contributed by atoms with van der Waals surface area (Å²) >= 11 is 0. The van der Waals surface area contributed by atoms with Gasteiger partial charge in [-0.25, -0.2) is 0 Å². The van der Waals surface area contributed by atoms with E-state index in [4.69, 9.17) is 14.2 Å². The summed E-state index contributed by atoms with van der Waals surface area (Å²) in [5.41, 5.74) is 2.81. The first kappa shape index (κ1) is 31.3. The maximum absolute atomic E-state index is 13.6. The van der Waals surface area contributed by atoms with Crippen molar-refractivity contribution in [2.75, 3.05) is 7.11 Å². The highest BCUT2D eigenvalue weighted by atomic mass is 16.6. The maximum atomic E-state index is 13.6. The minimum absolute atomic E-state index is 0.0201. The third kappa shape index (κ3) is 7.68. The SMILES string of the molecule is CC[C@@H]1O[C@H]2[C@H]3C/C(C)=C\C=C/[C@@H](OC)[C@H](NC(=O)/C(C)=C/C(C)=C/[C@@H]2C)O[C@@H]([C@H]3C)[C@H](C)C(=O)/C=C/[C@@H]1C. The molecule has 3 aliphatic rings. The van der Waals surface area contributed by atoms with Crippen molar-refractivity contribution in [1.29, 1.82) is 0 Å². The van der Waals surface area contributed by atoms with Crippen LogP contribution in [0.5, 0.6) is 0 Å². The molecule has 10 atom stereocenters. The molecule has 0 saturated heterocycles. The Morgan fingerprint density at radius 3 is 2.38 bits per heavy atom. The summed E-state index contributed by atoms with van der Waals surface area (Å²) in [6.07, 6.45) is 13.5. The van der Waals surface area contributed by atoms with Crippen molar-refractivity contribution in [2.45, 2.75) is 98.9 Å². The van der Waals surface area contributed by atoms with Crippen LogP contribution >= 0.6 is 0 Å². The number of hydrogen-bond acceptors (Lipinski definition) is 5. The van der Waals surface area contributed by atoms with Gasteiger partial charge in [0.1, 0.15) is 6.10 Å². The molecule has 0 radical (unpaired) electrons. The minimum atomic E-state index is -0.782. The van der Waals surface area contributed by atoms with Crippen LogP contribution in [0.1, 0.15) is 68.2 Å². The van der Waals surface area contributed by atoms with Crippen LogP contribution in [0, 0.1) is 29.6 Å². The van der Waals surface area contributed by atoms with Crippen LogP contribution in [0.4, 0.5) is 0 Å². The fourth-order valence-corrected chi connectivity index (χ4v) is 6.28. The Hall–Kier alpha value is -2.28. The first-order chi connectivity index (χ1) is 18.5. The average Bonchev–Trinajstić information content (AvgIpc) is 2.91. The predicted octanol–water partition coefficient (Wildman–Crippen LogP) is 6.10. The quantitative estimate of drug-likeness (QED) is 0.459. The maximum Gasteiger partial charge on any atom is 0.248 e. The van der Waals surface area contributed by atoms with Gasteiger partial charge in [0, 0.05) is 30.4 Å². The zero-order valence-corrected chi connectivity index (χ0v) is 25.3. The second-order valence-electron chi connectivity index (χ2n) is 11.9. The van der Waals surface area contributed by atoms with Gasteiger partial charge in [0.2, 0.25) is 5.91 Å². The zero-order valence-electron chi connectivity index (χ0n) is 25.3. The van der Waals surface area contributed by atoms with E-state index in [1.54, 1.807) is 13.2 Å². The number of allylic oxidation sites excluding steroid dienone is 6. The lowest BCUT2D eigenvalue weighted by molar-refractivity contribution is -0.159. The number of carbonyl (C=O) groups is 2. The summed E-state index contributed by atoms with van der Waals surface area (Å²) < 4.78 is 19.7. The van der Waals surface area contributed by atoms with E-state index in [0.717, 1.165) is 18.4 Å². The van der Waals surface area contributed by atoms with E-state index in [1.165, 1.54) is 5.57 Å². The van der Waals surface area contributed by atoms with Crippen LogP contribution in [0.15, 0.2) is 59.3 Å². The summed E-state index contributed by atoms with van der Waals surface area (Å²) in [5, 5.41) is 3.07. The summed E-state index contributed by atoms with van der Waals surface area (Å²) in [5.74, 6) is -0.473. The standard InChI is InChI=1S/C33H49NO5/c1-10-28-21(4)14-15-27(35)25(8)31-24(7)26-18-19(2)12-11-13-29(37-9)33(39-31)34-32(36)23(6)17-20(3)16-22(5)30(26)38-28/h11-17,21-22,24-26,28-31,33H,10,18H2,1-9H3,(H,34,36)/b13-11-,15-14+,19-12-,20-16+,23-17+/t21-,22-,24-,25+,26-,28-,29+,30+,31-,33+/m0/s1. The second kappa shape index (κ2) is 13.9. The van der Waals surface area contributed by atoms with Crippen molar-refractivity contribution in [3.8, 4) is 0 Å². The molecule has 216 valence electrons. The molecule has 0 fully saturated rings. The first-order valence-corrected chi connectivity index (χ1v) is 14.5. The summed E-state index contributed by atoms with van der Waals surface area (Å²) in [6, 6.07) is 0. The van der Waals surface area contributed by atoms with E-state index in [1.807, 2.05) is 45.1 Å². The van der Waals surface area contributed by atoms with Crippen molar-refractivity contribution in [3.05, 3.63) is 59.3 Å². The molecule has 3 heterocycles. The highest BCUT2D eigenvalue weighted by Gasteiger charge is 2.42. The molecule has 0 aliphatic carbocycles. The first-order valence-electron chi connectivity index (χ1n) is 14.5. The number of amides is 1. The Labute approximate surface area is 235 Å². The molecule has 0 unspecified atom stereocenters. The van der Waals surface area contributed by atoms with Crippen molar-refractivity contribution in [3.63, 3.8) is 0 Å². The van der Waals surface area contributed by atoms with Crippen LogP contribution in [0.3, 0.4) is 0 Å². The molecule has 0 aromatic heterocycles. The molecular formula is C33H49NO5. The Kier molecular flexibility index (Phi) is 11.1. The van der Waals surface area contributed by atoms with Gasteiger partial charge in [-0.05, 0) is 51.5 Å². The molecule has 6 nitrogen and oxygen atoms in total. The molecule has 0 aromatic carbocycles. The lowest BCUT2D eigenvalue weighted by Crippen LogP contribution is -2.52. The third-order valence-corrected chi connectivity index (χ3v) is 8.68. The van der Waals surface area contributed by atoms with Crippen LogP contribution in [-0.4, -0.2) is 49.4 Å². The highest BCUT2D eigenvalue weighted by molar-refractivity contribution is 5.93. The minimum Gasteiger partial charge on any atom is -0.373 e. The topological polar surface area (TPSA) is 73.9 Å². The van der Waals surface area contributed by atoms with Crippen LogP contribution in [0.25, 0.3) is 0 Å². The van der Waals surface area contributed by atoms with Gasteiger partial charge in [0.15, 0.2) is 12.0 Å². The molecule has 1 amide bonds. The molecule has 0 spiro atoms. The lowest BCUT2D eigenvalue weighted by Gasteiger charge is -2.42. The molecule has 0 saturated carbocycles. The second-order valence-corrected chi connectivity index (χ2v) is 11.9.